The van der Waals surface area contributed by atoms with Crippen molar-refractivity contribution in [1.29, 1.82) is 0 Å². The Labute approximate surface area is 139 Å². The van der Waals surface area contributed by atoms with Crippen molar-refractivity contribution in [3.8, 4) is 11.5 Å². The van der Waals surface area contributed by atoms with Gasteiger partial charge in [-0.3, -0.25) is 4.79 Å². The lowest BCUT2D eigenvalue weighted by Gasteiger charge is -2.05. The fourth-order valence-corrected chi connectivity index (χ4v) is 2.37. The standard InChI is InChI=1S/C19H17FN2O2/c20-17-9-5-4-6-14(17)10-11-21-18(23)12-16-13-24-19(22-16)15-7-2-1-3-8-15/h1-9,13H,10-12H2,(H,21,23). The lowest BCUT2D eigenvalue weighted by atomic mass is 10.1. The van der Waals surface area contributed by atoms with Crippen LogP contribution in [0, 0.1) is 5.82 Å². The molecule has 0 aliphatic rings. The van der Waals surface area contributed by atoms with Crippen molar-refractivity contribution in [2.24, 2.45) is 0 Å². The maximum atomic E-state index is 13.5. The number of nitrogens with zero attached hydrogens (tertiary/aromatic N) is 1. The molecule has 0 bridgehead atoms. The van der Waals surface area contributed by atoms with E-state index in [1.54, 1.807) is 18.2 Å². The highest BCUT2D eigenvalue weighted by Crippen LogP contribution is 2.18. The smallest absolute Gasteiger partial charge is 0.226 e. The predicted molar refractivity (Wildman–Crippen MR) is 88.8 cm³/mol. The van der Waals surface area contributed by atoms with Crippen LogP contribution in [0.2, 0.25) is 0 Å². The minimum atomic E-state index is -0.254. The van der Waals surface area contributed by atoms with Crippen molar-refractivity contribution in [3.05, 3.63) is 77.9 Å². The minimum Gasteiger partial charge on any atom is -0.444 e. The topological polar surface area (TPSA) is 55.1 Å². The highest BCUT2D eigenvalue weighted by atomic mass is 19.1. The summed E-state index contributed by atoms with van der Waals surface area (Å²) in [6.45, 7) is 0.378. The van der Waals surface area contributed by atoms with Crippen LogP contribution in [0.4, 0.5) is 4.39 Å². The van der Waals surface area contributed by atoms with E-state index in [0.29, 0.717) is 30.1 Å². The number of aromatic nitrogens is 1. The third kappa shape index (κ3) is 4.07. The fourth-order valence-electron chi connectivity index (χ4n) is 2.37. The molecule has 0 unspecified atom stereocenters. The van der Waals surface area contributed by atoms with Gasteiger partial charge in [-0.25, -0.2) is 9.37 Å². The fraction of sp³-hybridized carbons (Fsp3) is 0.158. The van der Waals surface area contributed by atoms with E-state index in [1.807, 2.05) is 30.3 Å². The van der Waals surface area contributed by atoms with Crippen LogP contribution in [0.1, 0.15) is 11.3 Å². The second kappa shape index (κ2) is 7.55. The second-order valence-electron chi connectivity index (χ2n) is 5.38. The summed E-state index contributed by atoms with van der Waals surface area (Å²) in [4.78, 5) is 16.3. The van der Waals surface area contributed by atoms with Gasteiger partial charge in [-0.1, -0.05) is 36.4 Å². The lowest BCUT2D eigenvalue weighted by molar-refractivity contribution is -0.120. The number of oxazole rings is 1. The van der Waals surface area contributed by atoms with Gasteiger partial charge in [0.1, 0.15) is 12.1 Å². The second-order valence-corrected chi connectivity index (χ2v) is 5.38. The Balaban J connectivity index is 1.51. The molecular formula is C19H17FN2O2. The number of hydrogen-bond donors (Lipinski definition) is 1. The van der Waals surface area contributed by atoms with Crippen molar-refractivity contribution in [3.63, 3.8) is 0 Å². The molecule has 0 spiro atoms. The molecule has 0 aliphatic carbocycles. The number of halogens is 1. The Hall–Kier alpha value is -2.95. The summed E-state index contributed by atoms with van der Waals surface area (Å²) in [7, 11) is 0. The Bertz CT molecular complexity index is 815. The van der Waals surface area contributed by atoms with Gasteiger partial charge in [0.15, 0.2) is 0 Å². The molecule has 0 aliphatic heterocycles. The maximum Gasteiger partial charge on any atom is 0.226 e. The number of carbonyl (C=O) groups is 1. The normalized spacial score (nSPS) is 10.5. The zero-order chi connectivity index (χ0) is 16.8. The van der Waals surface area contributed by atoms with Crippen LogP contribution >= 0.6 is 0 Å². The van der Waals surface area contributed by atoms with E-state index in [9.17, 15) is 9.18 Å². The Morgan fingerprint density at radius 1 is 1.08 bits per heavy atom. The van der Waals surface area contributed by atoms with Gasteiger partial charge in [0.2, 0.25) is 11.8 Å². The van der Waals surface area contributed by atoms with Crippen molar-refractivity contribution in [2.45, 2.75) is 12.8 Å². The van der Waals surface area contributed by atoms with Crippen molar-refractivity contribution in [1.82, 2.24) is 10.3 Å². The molecule has 24 heavy (non-hydrogen) atoms. The van der Waals surface area contributed by atoms with Gasteiger partial charge in [0.25, 0.3) is 0 Å². The molecule has 3 aromatic rings. The van der Waals surface area contributed by atoms with Gasteiger partial charge in [-0.05, 0) is 30.2 Å². The highest BCUT2D eigenvalue weighted by Gasteiger charge is 2.10. The number of amides is 1. The van der Waals surface area contributed by atoms with E-state index < -0.39 is 0 Å². The van der Waals surface area contributed by atoms with Gasteiger partial charge >= 0.3 is 0 Å². The molecule has 1 amide bonds. The molecule has 4 nitrogen and oxygen atoms in total. The zero-order valence-electron chi connectivity index (χ0n) is 13.0. The van der Waals surface area contributed by atoms with Crippen LogP contribution in [0.15, 0.2) is 65.3 Å². The summed E-state index contributed by atoms with van der Waals surface area (Å²) < 4.78 is 18.9. The number of hydrogen-bond acceptors (Lipinski definition) is 3. The molecule has 0 saturated heterocycles. The van der Waals surface area contributed by atoms with Gasteiger partial charge in [0, 0.05) is 12.1 Å². The molecule has 122 valence electrons. The molecule has 0 radical (unpaired) electrons. The Morgan fingerprint density at radius 2 is 1.83 bits per heavy atom. The van der Waals surface area contributed by atoms with Crippen LogP contribution in [-0.4, -0.2) is 17.4 Å². The van der Waals surface area contributed by atoms with Crippen LogP contribution < -0.4 is 5.32 Å². The third-order valence-electron chi connectivity index (χ3n) is 3.59. The average Bonchev–Trinajstić information content (AvgIpc) is 3.06. The molecule has 1 N–H and O–H groups in total. The third-order valence-corrected chi connectivity index (χ3v) is 3.59. The van der Waals surface area contributed by atoms with Crippen molar-refractivity contribution >= 4 is 5.91 Å². The van der Waals surface area contributed by atoms with Crippen molar-refractivity contribution < 1.29 is 13.6 Å². The van der Waals surface area contributed by atoms with E-state index >= 15 is 0 Å². The molecule has 5 heteroatoms. The first kappa shape index (κ1) is 15.9. The predicted octanol–water partition coefficient (Wildman–Crippen LogP) is 3.38. The first-order valence-electron chi connectivity index (χ1n) is 7.72. The average molecular weight is 324 g/mol. The first-order chi connectivity index (χ1) is 11.7. The zero-order valence-corrected chi connectivity index (χ0v) is 13.0. The molecule has 0 saturated carbocycles. The maximum absolute atomic E-state index is 13.5. The number of benzene rings is 2. The molecule has 1 heterocycles. The van der Waals surface area contributed by atoms with Crippen LogP contribution in [0.25, 0.3) is 11.5 Å². The highest BCUT2D eigenvalue weighted by molar-refractivity contribution is 5.78. The summed E-state index contributed by atoms with van der Waals surface area (Å²) in [5, 5.41) is 2.77. The summed E-state index contributed by atoms with van der Waals surface area (Å²) in [6, 6.07) is 16.0. The summed E-state index contributed by atoms with van der Waals surface area (Å²) >= 11 is 0. The molecule has 2 aromatic carbocycles. The molecule has 1 aromatic heterocycles. The van der Waals surface area contributed by atoms with Gasteiger partial charge < -0.3 is 9.73 Å². The van der Waals surface area contributed by atoms with Crippen LogP contribution in [-0.2, 0) is 17.6 Å². The number of carbonyl (C=O) groups excluding carboxylic acids is 1. The van der Waals surface area contributed by atoms with Crippen molar-refractivity contribution in [2.75, 3.05) is 6.54 Å². The van der Waals surface area contributed by atoms with Gasteiger partial charge in [0.05, 0.1) is 12.1 Å². The van der Waals surface area contributed by atoms with E-state index in [1.165, 1.54) is 12.3 Å². The minimum absolute atomic E-state index is 0.133. The first-order valence-corrected chi connectivity index (χ1v) is 7.72. The Kier molecular flexibility index (Phi) is 5.01. The van der Waals surface area contributed by atoms with E-state index in [2.05, 4.69) is 10.3 Å². The summed E-state index contributed by atoms with van der Waals surface area (Å²) in [5.74, 6) is 0.0692. The summed E-state index contributed by atoms with van der Waals surface area (Å²) in [6.07, 6.45) is 2.07. The number of rotatable bonds is 6. The van der Waals surface area contributed by atoms with Gasteiger partial charge in [-0.2, -0.15) is 0 Å². The Morgan fingerprint density at radius 3 is 2.62 bits per heavy atom. The largest absolute Gasteiger partial charge is 0.444 e. The quantitative estimate of drug-likeness (QED) is 0.756. The molecular weight excluding hydrogens is 307 g/mol. The number of nitrogens with one attached hydrogen (secondary N) is 1. The van der Waals surface area contributed by atoms with E-state index in [0.717, 1.165) is 5.56 Å². The monoisotopic (exact) mass is 324 g/mol. The SMILES string of the molecule is O=C(Cc1coc(-c2ccccc2)n1)NCCc1ccccc1F. The lowest BCUT2D eigenvalue weighted by Crippen LogP contribution is -2.27. The van der Waals surface area contributed by atoms with Crippen LogP contribution in [0.5, 0.6) is 0 Å². The van der Waals surface area contributed by atoms with Gasteiger partial charge in [-0.15, -0.1) is 0 Å². The summed E-state index contributed by atoms with van der Waals surface area (Å²) in [5.41, 5.74) is 2.02. The molecule has 0 atom stereocenters. The molecule has 0 fully saturated rings. The molecule has 3 rings (SSSR count). The van der Waals surface area contributed by atoms with Crippen LogP contribution in [0.3, 0.4) is 0 Å². The van der Waals surface area contributed by atoms with E-state index in [-0.39, 0.29) is 18.1 Å². The van der Waals surface area contributed by atoms with E-state index in [4.69, 9.17) is 4.42 Å².